The van der Waals surface area contributed by atoms with E-state index >= 15 is 0 Å². The van der Waals surface area contributed by atoms with Crippen LogP contribution >= 0.6 is 0 Å². The summed E-state index contributed by atoms with van der Waals surface area (Å²) in [4.78, 5) is 11.1. The fourth-order valence-corrected chi connectivity index (χ4v) is 0.472. The number of hydrogen-bond donors (Lipinski definition) is 1. The maximum atomic E-state index is 11.1. The molecule has 0 rings (SSSR count). The first-order valence-corrected chi connectivity index (χ1v) is 3.93. The predicted molar refractivity (Wildman–Crippen MR) is 46.6 cm³/mol. The monoisotopic (exact) mass is 172 g/mol. The van der Waals surface area contributed by atoms with E-state index < -0.39 is 11.6 Å². The number of carbonyl (C=O) groups excluding carboxylic acids is 1. The van der Waals surface area contributed by atoms with Crippen molar-refractivity contribution in [2.24, 2.45) is 5.92 Å². The Labute approximate surface area is 73.0 Å². The largest absolute Gasteiger partial charge is 0.463 e. The lowest BCUT2D eigenvalue weighted by atomic mass is 10.1. The Morgan fingerprint density at radius 2 is 2.25 bits per heavy atom. The Hall–Kier alpha value is -0.830. The molecule has 0 bridgehead atoms. The summed E-state index contributed by atoms with van der Waals surface area (Å²) in [5.41, 5.74) is -1.56. The average Bonchev–Trinajstić information content (AvgIpc) is 2.00. The Balaban J connectivity index is 3.96. The maximum Gasteiger partial charge on any atom is 0.341 e. The quantitative estimate of drug-likeness (QED) is 0.510. The molecule has 0 unspecified atom stereocenters. The fraction of sp³-hybridized carbons (Fsp3) is 0.667. The highest BCUT2D eigenvalue weighted by molar-refractivity contribution is 5.80. The first-order chi connectivity index (χ1) is 5.40. The number of rotatable bonds is 4. The SMILES string of the molecule is C=C[C@@](C)(O)C(=O)OCC(C)C. The molecule has 0 spiro atoms. The van der Waals surface area contributed by atoms with E-state index in [1.54, 1.807) is 0 Å². The molecule has 0 fully saturated rings. The predicted octanol–water partition coefficient (Wildman–Crippen LogP) is 1.12. The first-order valence-electron chi connectivity index (χ1n) is 3.93. The lowest BCUT2D eigenvalue weighted by Gasteiger charge is -2.17. The van der Waals surface area contributed by atoms with Gasteiger partial charge in [-0.3, -0.25) is 0 Å². The summed E-state index contributed by atoms with van der Waals surface area (Å²) in [6.45, 7) is 8.85. The molecule has 0 aromatic heterocycles. The van der Waals surface area contributed by atoms with Crippen molar-refractivity contribution in [2.75, 3.05) is 6.61 Å². The molecule has 3 heteroatoms. The molecule has 0 aliphatic carbocycles. The lowest BCUT2D eigenvalue weighted by molar-refractivity contribution is -0.160. The minimum atomic E-state index is -1.56. The van der Waals surface area contributed by atoms with Crippen LogP contribution in [0.2, 0.25) is 0 Å². The smallest absolute Gasteiger partial charge is 0.341 e. The van der Waals surface area contributed by atoms with Gasteiger partial charge >= 0.3 is 5.97 Å². The highest BCUT2D eigenvalue weighted by atomic mass is 16.5. The van der Waals surface area contributed by atoms with E-state index in [4.69, 9.17) is 4.74 Å². The molecule has 0 aliphatic rings. The second kappa shape index (κ2) is 4.26. The van der Waals surface area contributed by atoms with Crippen LogP contribution in [-0.4, -0.2) is 23.3 Å². The number of esters is 1. The van der Waals surface area contributed by atoms with Crippen LogP contribution in [0.4, 0.5) is 0 Å². The third kappa shape index (κ3) is 3.53. The Kier molecular flexibility index (Phi) is 3.96. The van der Waals surface area contributed by atoms with E-state index in [9.17, 15) is 9.90 Å². The molecule has 12 heavy (non-hydrogen) atoms. The molecule has 1 N–H and O–H groups in total. The molecule has 0 radical (unpaired) electrons. The van der Waals surface area contributed by atoms with Crippen molar-refractivity contribution >= 4 is 5.97 Å². The average molecular weight is 172 g/mol. The summed E-state index contributed by atoms with van der Waals surface area (Å²) >= 11 is 0. The van der Waals surface area contributed by atoms with Crippen molar-refractivity contribution < 1.29 is 14.6 Å². The van der Waals surface area contributed by atoms with Crippen LogP contribution in [0, 0.1) is 5.92 Å². The first kappa shape index (κ1) is 11.2. The minimum absolute atomic E-state index is 0.273. The van der Waals surface area contributed by atoms with Gasteiger partial charge in [-0.2, -0.15) is 0 Å². The molecule has 0 aliphatic heterocycles. The van der Waals surface area contributed by atoms with Crippen LogP contribution in [0.15, 0.2) is 12.7 Å². The molecule has 0 saturated carbocycles. The van der Waals surface area contributed by atoms with Crippen LogP contribution in [0.3, 0.4) is 0 Å². The molecule has 0 aromatic rings. The molecule has 70 valence electrons. The summed E-state index contributed by atoms with van der Waals surface area (Å²) in [5, 5.41) is 9.31. The molecule has 3 nitrogen and oxygen atoms in total. The molecule has 0 aromatic carbocycles. The standard InChI is InChI=1S/C9H16O3/c1-5-9(4,11)8(10)12-6-7(2)3/h5,7,11H,1,6H2,2-4H3/t9-/m1/s1. The zero-order valence-electron chi connectivity index (χ0n) is 7.83. The van der Waals surface area contributed by atoms with Crippen LogP contribution in [-0.2, 0) is 9.53 Å². The van der Waals surface area contributed by atoms with Gasteiger partial charge in [-0.05, 0) is 18.9 Å². The third-order valence-corrected chi connectivity index (χ3v) is 1.36. The van der Waals surface area contributed by atoms with Crippen molar-refractivity contribution in [3.05, 3.63) is 12.7 Å². The third-order valence-electron chi connectivity index (χ3n) is 1.36. The van der Waals surface area contributed by atoms with Crippen LogP contribution < -0.4 is 0 Å². The van der Waals surface area contributed by atoms with Gasteiger partial charge in [-0.15, -0.1) is 0 Å². The second-order valence-corrected chi connectivity index (χ2v) is 3.34. The summed E-state index contributed by atoms with van der Waals surface area (Å²) in [5.74, 6) is -0.374. The van der Waals surface area contributed by atoms with Gasteiger partial charge in [0.2, 0.25) is 0 Å². The second-order valence-electron chi connectivity index (χ2n) is 3.34. The highest BCUT2D eigenvalue weighted by Crippen LogP contribution is 2.07. The molecule has 0 heterocycles. The Morgan fingerprint density at radius 1 is 1.75 bits per heavy atom. The number of hydrogen-bond acceptors (Lipinski definition) is 3. The zero-order chi connectivity index (χ0) is 9.78. The summed E-state index contributed by atoms with van der Waals surface area (Å²) < 4.78 is 4.80. The zero-order valence-corrected chi connectivity index (χ0v) is 7.83. The van der Waals surface area contributed by atoms with E-state index in [1.807, 2.05) is 13.8 Å². The van der Waals surface area contributed by atoms with Crippen LogP contribution in [0.1, 0.15) is 20.8 Å². The van der Waals surface area contributed by atoms with Crippen LogP contribution in [0.5, 0.6) is 0 Å². The van der Waals surface area contributed by atoms with Crippen LogP contribution in [0.25, 0.3) is 0 Å². The van der Waals surface area contributed by atoms with Gasteiger partial charge in [0.25, 0.3) is 0 Å². The van der Waals surface area contributed by atoms with Crippen molar-refractivity contribution in [1.29, 1.82) is 0 Å². The minimum Gasteiger partial charge on any atom is -0.463 e. The van der Waals surface area contributed by atoms with E-state index in [1.165, 1.54) is 6.92 Å². The molecule has 1 atom stereocenters. The van der Waals surface area contributed by atoms with Gasteiger partial charge in [-0.25, -0.2) is 4.79 Å². The molecular formula is C9H16O3. The van der Waals surface area contributed by atoms with Gasteiger partial charge < -0.3 is 9.84 Å². The van der Waals surface area contributed by atoms with Gasteiger partial charge in [0, 0.05) is 0 Å². The van der Waals surface area contributed by atoms with Gasteiger partial charge in [0.1, 0.15) is 0 Å². The fourth-order valence-electron chi connectivity index (χ4n) is 0.472. The normalized spacial score (nSPS) is 15.4. The molecule has 0 saturated heterocycles. The van der Waals surface area contributed by atoms with Gasteiger partial charge in [-0.1, -0.05) is 20.4 Å². The van der Waals surface area contributed by atoms with E-state index in [0.29, 0.717) is 6.61 Å². The molecular weight excluding hydrogens is 156 g/mol. The Bertz CT molecular complexity index is 171. The molecule has 0 amide bonds. The van der Waals surface area contributed by atoms with Gasteiger partial charge in [0.05, 0.1) is 6.61 Å². The van der Waals surface area contributed by atoms with Crippen molar-refractivity contribution in [3.63, 3.8) is 0 Å². The van der Waals surface area contributed by atoms with Gasteiger partial charge in [0.15, 0.2) is 5.60 Å². The van der Waals surface area contributed by atoms with E-state index in [2.05, 4.69) is 6.58 Å². The summed E-state index contributed by atoms with van der Waals surface area (Å²) in [7, 11) is 0. The topological polar surface area (TPSA) is 46.5 Å². The van der Waals surface area contributed by atoms with Crippen molar-refractivity contribution in [1.82, 2.24) is 0 Å². The van der Waals surface area contributed by atoms with Crippen molar-refractivity contribution in [2.45, 2.75) is 26.4 Å². The number of aliphatic hydroxyl groups is 1. The summed E-state index contributed by atoms with van der Waals surface area (Å²) in [6, 6.07) is 0. The van der Waals surface area contributed by atoms with E-state index in [-0.39, 0.29) is 5.92 Å². The van der Waals surface area contributed by atoms with Crippen molar-refractivity contribution in [3.8, 4) is 0 Å². The number of ether oxygens (including phenoxy) is 1. The highest BCUT2D eigenvalue weighted by Gasteiger charge is 2.27. The number of carbonyl (C=O) groups is 1. The van der Waals surface area contributed by atoms with E-state index in [0.717, 1.165) is 6.08 Å². The lowest BCUT2D eigenvalue weighted by Crippen LogP contribution is -2.35. The Morgan fingerprint density at radius 3 is 2.58 bits per heavy atom. The summed E-state index contributed by atoms with van der Waals surface area (Å²) in [6.07, 6.45) is 1.16. The maximum absolute atomic E-state index is 11.1.